The number of nitrogen functional groups attached to an aromatic ring is 1. The van der Waals surface area contributed by atoms with Gasteiger partial charge in [-0.05, 0) is 106 Å². The zero-order chi connectivity index (χ0) is 73.4. The Morgan fingerprint density at radius 3 is 1.35 bits per heavy atom. The highest BCUT2D eigenvalue weighted by Crippen LogP contribution is 2.29. The predicted octanol–water partition coefficient (Wildman–Crippen LogP) is 12.4. The molecule has 1 saturated heterocycles. The third-order valence-electron chi connectivity index (χ3n) is 10.6. The van der Waals surface area contributed by atoms with Crippen molar-refractivity contribution in [3.05, 3.63) is 190 Å². The van der Waals surface area contributed by atoms with Crippen molar-refractivity contribution in [2.45, 2.75) is 101 Å². The van der Waals surface area contributed by atoms with Crippen molar-refractivity contribution in [1.29, 1.82) is 31.6 Å². The van der Waals surface area contributed by atoms with Crippen LogP contribution < -0.4 is 41.2 Å². The van der Waals surface area contributed by atoms with E-state index in [1.54, 1.807) is 95.3 Å². The number of esters is 1. The third kappa shape index (κ3) is 30.2. The van der Waals surface area contributed by atoms with E-state index in [1.165, 1.54) is 12.1 Å². The van der Waals surface area contributed by atoms with E-state index in [0.29, 0.717) is 128 Å². The Labute approximate surface area is 582 Å². The molecular formula is C64H65Cl6N13O13. The fourth-order valence-corrected chi connectivity index (χ4v) is 8.37. The third-order valence-corrected chi connectivity index (χ3v) is 12.4. The monoisotopic (exact) mass is 1430 g/mol. The smallest absolute Gasteiger partial charge is 0.318 e. The lowest BCUT2D eigenvalue weighted by molar-refractivity contribution is -0.148. The summed E-state index contributed by atoms with van der Waals surface area (Å²) in [6.45, 7) is 24.9. The minimum atomic E-state index is -0.551. The van der Waals surface area contributed by atoms with E-state index in [0.717, 1.165) is 28.3 Å². The summed E-state index contributed by atoms with van der Waals surface area (Å²) in [5.74, 6) is 2.36. The van der Waals surface area contributed by atoms with Gasteiger partial charge in [-0.15, -0.1) is 11.6 Å². The van der Waals surface area contributed by atoms with Gasteiger partial charge in [-0.25, -0.2) is 19.9 Å². The van der Waals surface area contributed by atoms with Gasteiger partial charge in [0.1, 0.15) is 65.5 Å². The molecule has 0 bridgehead atoms. The molecule has 26 nitrogen and oxygen atoms in total. The standard InChI is InChI=1S/C9H11Cl2NO.C9H9ClN2O.C9H12ClNO2.C9H10ClNO2.C7H5ClN2O.2C7H6N2O2.C4H4O2.C3H2N2/c1-3-13-9-7(5-10)8(11)4-6(2)12-9;1-3-13-9-7(5-11)8(10)4-6(2)12-9;2*1-3-13-9-7(5-12)8(10)4-6(2)11-9;1-4-2-6(8)5(3-9)7(11)10-4;1-4-2-6(10)5(3-8)7(9)11-4;1-4-2-6(10)5(3-8)7(11)9-4;1-3-2-4(5)6-3;4-2-1-3-5/h4H,3,5H2,1-2H3;4H,3H2,1-2H3;4,12H,3,5H2,1-2H3;4-5H,3H2,1-2H3;2H,1H3,(H,10,11);2H,9H2,1H3;2H,1H3,(H2,9,10,11);1-2H2;1H2. The van der Waals surface area contributed by atoms with Crippen molar-refractivity contribution in [3.63, 3.8) is 0 Å². The number of aromatic nitrogens is 6. The quantitative estimate of drug-likeness (QED) is 0.0456. The molecule has 1 aliphatic rings. The van der Waals surface area contributed by atoms with Gasteiger partial charge >= 0.3 is 5.97 Å². The molecule has 0 aromatic carbocycles. The number of nitrogens with two attached hydrogens (primary N) is 1. The van der Waals surface area contributed by atoms with E-state index in [-0.39, 0.29) is 52.3 Å². The number of nitrogens with one attached hydrogen (secondary N) is 2. The van der Waals surface area contributed by atoms with E-state index in [2.05, 4.69) is 41.2 Å². The maximum atomic E-state index is 10.9. The number of anilines is 1. The highest BCUT2D eigenvalue weighted by atomic mass is 35.5. The van der Waals surface area contributed by atoms with Crippen molar-refractivity contribution >= 4 is 87.7 Å². The summed E-state index contributed by atoms with van der Waals surface area (Å²) in [5.41, 5.74) is 9.67. The molecule has 0 amide bonds. The molecule has 0 radical (unpaired) electrons. The topological polar surface area (TPSA) is 437 Å². The van der Waals surface area contributed by atoms with E-state index >= 15 is 0 Å². The lowest BCUT2D eigenvalue weighted by Gasteiger charge is -2.12. The number of cyclic esters (lactones) is 1. The molecule has 96 heavy (non-hydrogen) atoms. The number of aromatic hydroxyl groups is 1. The first-order chi connectivity index (χ1) is 45.4. The molecule has 7 aromatic heterocycles. The van der Waals surface area contributed by atoms with E-state index in [4.69, 9.17) is 140 Å². The average molecular weight is 1440 g/mol. The molecule has 8 rings (SSSR count). The predicted molar refractivity (Wildman–Crippen MR) is 360 cm³/mol. The van der Waals surface area contributed by atoms with Gasteiger partial charge in [-0.2, -0.15) is 31.6 Å². The Morgan fingerprint density at radius 1 is 0.583 bits per heavy atom. The van der Waals surface area contributed by atoms with Gasteiger partial charge in [-0.1, -0.05) is 64.6 Å². The number of rotatable bonds is 11. The fraction of sp³-hybridized carbons (Fsp3) is 0.297. The van der Waals surface area contributed by atoms with Crippen LogP contribution >= 0.6 is 69.6 Å². The maximum absolute atomic E-state index is 10.9. The minimum Gasteiger partial charge on any atom is -0.506 e. The molecule has 506 valence electrons. The van der Waals surface area contributed by atoms with Crippen LogP contribution in [0, 0.1) is 116 Å². The maximum Gasteiger partial charge on any atom is 0.318 e. The average Bonchev–Trinajstić information content (AvgIpc) is 0.884. The summed E-state index contributed by atoms with van der Waals surface area (Å²) in [5, 5.41) is 69.3. The van der Waals surface area contributed by atoms with Crippen molar-refractivity contribution in [2.75, 3.05) is 32.2 Å². The Hall–Kier alpha value is -10.2. The van der Waals surface area contributed by atoms with Gasteiger partial charge in [0.25, 0.3) is 11.1 Å². The zero-order valence-corrected chi connectivity index (χ0v) is 58.2. The number of aliphatic hydroxyl groups excluding tert-OH is 1. The number of hydrogen-bond donors (Lipinski definition) is 5. The number of hydrogen-bond acceptors (Lipinski definition) is 24. The number of nitrogens with zero attached hydrogens (tertiary/aromatic N) is 10. The van der Waals surface area contributed by atoms with E-state index < -0.39 is 16.5 Å². The number of aryl methyl sites for hydroxylation is 7. The summed E-state index contributed by atoms with van der Waals surface area (Å²) < 4.78 is 30.0. The second kappa shape index (κ2) is 46.0. The largest absolute Gasteiger partial charge is 0.506 e. The molecule has 1 fully saturated rings. The number of ether oxygens (including phenoxy) is 5. The second-order valence-corrected chi connectivity index (χ2v) is 20.5. The molecule has 0 aliphatic carbocycles. The van der Waals surface area contributed by atoms with Crippen molar-refractivity contribution in [3.8, 4) is 65.7 Å². The lowest BCUT2D eigenvalue weighted by Crippen LogP contribution is -2.15. The number of carbonyl (C=O) groups excluding carboxylic acids is 2. The van der Waals surface area contributed by atoms with Gasteiger partial charge in [0, 0.05) is 51.9 Å². The van der Waals surface area contributed by atoms with E-state index in [9.17, 15) is 24.0 Å². The summed E-state index contributed by atoms with van der Waals surface area (Å²) in [6, 6.07) is 21.1. The molecule has 1 aliphatic heterocycles. The van der Waals surface area contributed by atoms with Crippen LogP contribution in [0.3, 0.4) is 0 Å². The second-order valence-electron chi connectivity index (χ2n) is 18.2. The van der Waals surface area contributed by atoms with Gasteiger partial charge in [0.2, 0.25) is 34.8 Å². The van der Waals surface area contributed by atoms with Crippen LogP contribution in [0.1, 0.15) is 124 Å². The SMILES string of the molecule is C=C1CC(=O)O1.CCOc1nc(C)cc(Cl)c1C#N.CCOc1nc(C)cc(Cl)c1C=O.CCOc1nc(C)cc(Cl)c1CCl.CCOc1nc(C)cc(Cl)c1CO.Cc1cc(=O)c(C#N)c(N)o1.Cc1cc(Cl)c(C#N)c(=O)[nH]1.Cc1cc(O)c(C#N)c(=O)[nH]1.N#CCC#N. The molecule has 0 atom stereocenters. The summed E-state index contributed by atoms with van der Waals surface area (Å²) in [6.07, 6.45) is 1.07. The van der Waals surface area contributed by atoms with Crippen LogP contribution in [0.2, 0.25) is 25.1 Å². The Balaban J connectivity index is 0.00000107. The van der Waals surface area contributed by atoms with E-state index in [1.807, 2.05) is 47.6 Å². The summed E-state index contributed by atoms with van der Waals surface area (Å²) in [7, 11) is 0. The van der Waals surface area contributed by atoms with Gasteiger partial charge in [-0.3, -0.25) is 24.0 Å². The highest BCUT2D eigenvalue weighted by molar-refractivity contribution is 6.34. The number of aromatic amines is 2. The molecule has 32 heteroatoms. The molecular weight excluding hydrogens is 1370 g/mol. The molecule has 0 unspecified atom stereocenters. The molecule has 8 heterocycles. The number of alkyl halides is 1. The van der Waals surface area contributed by atoms with Crippen LogP contribution in [-0.4, -0.2) is 78.8 Å². The number of halogens is 6. The molecule has 0 saturated carbocycles. The summed E-state index contributed by atoms with van der Waals surface area (Å²) >= 11 is 34.8. The zero-order valence-electron chi connectivity index (χ0n) is 53.7. The Kier molecular flexibility index (Phi) is 41.1. The Bertz CT molecular complexity index is 4000. The van der Waals surface area contributed by atoms with Crippen molar-refractivity contribution < 1.29 is 47.9 Å². The van der Waals surface area contributed by atoms with Crippen molar-refractivity contribution in [1.82, 2.24) is 29.9 Å². The number of H-pyrrole nitrogens is 2. The summed E-state index contributed by atoms with van der Waals surface area (Å²) in [4.78, 5) is 74.5. The molecule has 0 spiro atoms. The van der Waals surface area contributed by atoms with Crippen LogP contribution in [-0.2, 0) is 22.0 Å². The first kappa shape index (κ1) is 85.8. The number of carbonyl (C=O) groups is 2. The minimum absolute atomic E-state index is 0. The molecule has 7 aromatic rings. The van der Waals surface area contributed by atoms with Crippen LogP contribution in [0.25, 0.3) is 0 Å². The lowest BCUT2D eigenvalue weighted by atomic mass is 10.2. The van der Waals surface area contributed by atoms with Crippen molar-refractivity contribution in [2.24, 2.45) is 0 Å². The van der Waals surface area contributed by atoms with Crippen LogP contribution in [0.5, 0.6) is 29.3 Å². The number of pyridine rings is 6. The highest BCUT2D eigenvalue weighted by Gasteiger charge is 2.18. The number of aliphatic hydroxyl groups is 1. The first-order valence-corrected chi connectivity index (χ1v) is 30.1. The van der Waals surface area contributed by atoms with Gasteiger partial charge < -0.3 is 54.0 Å². The van der Waals surface area contributed by atoms with Gasteiger partial charge in [0.15, 0.2) is 17.4 Å². The number of nitriles is 6. The number of aldehydes is 1. The van der Waals surface area contributed by atoms with Gasteiger partial charge in [0.05, 0.1) is 87.3 Å². The van der Waals surface area contributed by atoms with Crippen LogP contribution in [0.15, 0.2) is 73.6 Å². The normalized spacial score (nSPS) is 9.92. The first-order valence-electron chi connectivity index (χ1n) is 27.6. The fourth-order valence-electron chi connectivity index (χ4n) is 6.58. The Morgan fingerprint density at radius 2 is 0.979 bits per heavy atom. The van der Waals surface area contributed by atoms with Crippen LogP contribution in [0.4, 0.5) is 5.88 Å². The molecule has 6 N–H and O–H groups in total.